The van der Waals surface area contributed by atoms with Gasteiger partial charge in [-0.15, -0.1) is 24.8 Å². The number of likely N-dealkylation sites (tertiary alicyclic amines) is 1. The summed E-state index contributed by atoms with van der Waals surface area (Å²) in [5.74, 6) is 0.506. The lowest BCUT2D eigenvalue weighted by atomic mass is 9.92. The van der Waals surface area contributed by atoms with Crippen molar-refractivity contribution in [3.8, 4) is 0 Å². The molecule has 0 aliphatic carbocycles. The highest BCUT2D eigenvalue weighted by Gasteiger charge is 2.27. The lowest BCUT2D eigenvalue weighted by molar-refractivity contribution is 0.0659. The van der Waals surface area contributed by atoms with E-state index in [1.807, 2.05) is 37.8 Å². The number of rotatable bonds is 2. The Morgan fingerprint density at radius 3 is 2.62 bits per heavy atom. The van der Waals surface area contributed by atoms with Crippen LogP contribution in [0.25, 0.3) is 0 Å². The summed E-state index contributed by atoms with van der Waals surface area (Å²) in [6.07, 6.45) is 2.16. The van der Waals surface area contributed by atoms with Gasteiger partial charge < -0.3 is 10.6 Å². The summed E-state index contributed by atoms with van der Waals surface area (Å²) in [6, 6.07) is 3.93. The summed E-state index contributed by atoms with van der Waals surface area (Å²) in [7, 11) is 0. The van der Waals surface area contributed by atoms with Crippen LogP contribution in [0.2, 0.25) is 0 Å². The number of hydrogen-bond donors (Lipinski definition) is 1. The van der Waals surface area contributed by atoms with Crippen LogP contribution in [0.5, 0.6) is 0 Å². The van der Waals surface area contributed by atoms with Gasteiger partial charge in [0.15, 0.2) is 0 Å². The summed E-state index contributed by atoms with van der Waals surface area (Å²) in [4.78, 5) is 18.8. The van der Waals surface area contributed by atoms with Crippen LogP contribution in [0.3, 0.4) is 0 Å². The zero-order chi connectivity index (χ0) is 14.0. The highest BCUT2D eigenvalue weighted by molar-refractivity contribution is 5.95. The third-order valence-corrected chi connectivity index (χ3v) is 3.94. The summed E-state index contributed by atoms with van der Waals surface area (Å²) < 4.78 is 0. The first-order valence-electron chi connectivity index (χ1n) is 6.98. The van der Waals surface area contributed by atoms with Gasteiger partial charge in [0, 0.05) is 24.8 Å². The molecule has 0 saturated carbocycles. The third kappa shape index (κ3) is 4.83. The molecule has 2 atom stereocenters. The molecule has 1 aromatic rings. The number of carbonyl (C=O) groups excluding carboxylic acids is 1. The topological polar surface area (TPSA) is 59.2 Å². The van der Waals surface area contributed by atoms with Crippen LogP contribution < -0.4 is 5.73 Å². The zero-order valence-electron chi connectivity index (χ0n) is 12.8. The summed E-state index contributed by atoms with van der Waals surface area (Å²) >= 11 is 0. The Kier molecular flexibility index (Phi) is 8.22. The van der Waals surface area contributed by atoms with Gasteiger partial charge >= 0.3 is 0 Å². The fourth-order valence-electron chi connectivity index (χ4n) is 2.71. The Hall–Kier alpha value is -0.840. The van der Waals surface area contributed by atoms with Gasteiger partial charge in [0.2, 0.25) is 0 Å². The number of piperidine rings is 1. The van der Waals surface area contributed by atoms with Crippen LogP contribution in [0.15, 0.2) is 12.1 Å². The molecule has 2 N–H and O–H groups in total. The van der Waals surface area contributed by atoms with Crippen molar-refractivity contribution in [3.63, 3.8) is 0 Å². The molecule has 1 aliphatic heterocycles. The predicted molar refractivity (Wildman–Crippen MR) is 90.5 cm³/mol. The van der Waals surface area contributed by atoms with Crippen LogP contribution in [-0.4, -0.2) is 34.9 Å². The van der Waals surface area contributed by atoms with Crippen LogP contribution in [0.1, 0.15) is 41.5 Å². The lowest BCUT2D eigenvalue weighted by Crippen LogP contribution is -2.45. The van der Waals surface area contributed by atoms with E-state index in [0.717, 1.165) is 42.9 Å². The van der Waals surface area contributed by atoms with Crippen molar-refractivity contribution in [1.82, 2.24) is 9.88 Å². The minimum absolute atomic E-state index is 0. The molecule has 1 aromatic heterocycles. The van der Waals surface area contributed by atoms with E-state index in [9.17, 15) is 4.79 Å². The average molecular weight is 334 g/mol. The number of carbonyl (C=O) groups is 1. The fraction of sp³-hybridized carbons (Fsp3) is 0.600. The summed E-state index contributed by atoms with van der Waals surface area (Å²) in [5, 5.41) is 0. The second-order valence-electron chi connectivity index (χ2n) is 5.60. The van der Waals surface area contributed by atoms with E-state index in [-0.39, 0.29) is 36.8 Å². The van der Waals surface area contributed by atoms with Crippen molar-refractivity contribution in [2.24, 2.45) is 11.7 Å². The van der Waals surface area contributed by atoms with E-state index in [0.29, 0.717) is 5.92 Å². The molecular formula is C15H25Cl2N3O. The molecular weight excluding hydrogens is 309 g/mol. The van der Waals surface area contributed by atoms with Crippen molar-refractivity contribution in [2.45, 2.75) is 39.7 Å². The van der Waals surface area contributed by atoms with Gasteiger partial charge in [-0.05, 0) is 51.7 Å². The van der Waals surface area contributed by atoms with Gasteiger partial charge in [-0.2, -0.15) is 0 Å². The molecule has 6 heteroatoms. The first-order valence-corrected chi connectivity index (χ1v) is 6.98. The number of pyridine rings is 1. The second-order valence-corrected chi connectivity index (χ2v) is 5.60. The Bertz CT molecular complexity index is 480. The number of aryl methyl sites for hydroxylation is 2. The highest BCUT2D eigenvalue weighted by Crippen LogP contribution is 2.21. The van der Waals surface area contributed by atoms with E-state index in [4.69, 9.17) is 5.73 Å². The van der Waals surface area contributed by atoms with Gasteiger partial charge in [-0.1, -0.05) is 0 Å². The third-order valence-electron chi connectivity index (χ3n) is 3.94. The number of aromatic nitrogens is 1. The fourth-order valence-corrected chi connectivity index (χ4v) is 2.71. The van der Waals surface area contributed by atoms with Crippen LogP contribution >= 0.6 is 24.8 Å². The maximum Gasteiger partial charge on any atom is 0.255 e. The van der Waals surface area contributed by atoms with Crippen molar-refractivity contribution >= 4 is 30.7 Å². The molecule has 4 nitrogen and oxygen atoms in total. The monoisotopic (exact) mass is 333 g/mol. The molecule has 2 heterocycles. The first-order chi connectivity index (χ1) is 8.99. The average Bonchev–Trinajstić information content (AvgIpc) is 2.38. The van der Waals surface area contributed by atoms with Crippen LogP contribution in [-0.2, 0) is 0 Å². The van der Waals surface area contributed by atoms with Crippen molar-refractivity contribution in [2.75, 3.05) is 13.1 Å². The SMILES string of the molecule is Cc1ccc(C(=O)N2CCCC(C(C)N)C2)c(C)n1.Cl.Cl. The number of amides is 1. The molecule has 21 heavy (non-hydrogen) atoms. The van der Waals surface area contributed by atoms with Crippen molar-refractivity contribution in [3.05, 3.63) is 29.1 Å². The predicted octanol–water partition coefficient (Wildman–Crippen LogP) is 2.74. The Morgan fingerprint density at radius 1 is 1.38 bits per heavy atom. The minimum atomic E-state index is 0. The van der Waals surface area contributed by atoms with E-state index in [2.05, 4.69) is 4.98 Å². The van der Waals surface area contributed by atoms with E-state index >= 15 is 0 Å². The molecule has 2 unspecified atom stereocenters. The summed E-state index contributed by atoms with van der Waals surface area (Å²) in [5.41, 5.74) is 8.44. The minimum Gasteiger partial charge on any atom is -0.338 e. The number of hydrogen-bond acceptors (Lipinski definition) is 3. The van der Waals surface area contributed by atoms with E-state index < -0.39 is 0 Å². The van der Waals surface area contributed by atoms with Crippen LogP contribution in [0.4, 0.5) is 0 Å². The maximum atomic E-state index is 12.5. The largest absolute Gasteiger partial charge is 0.338 e. The maximum absolute atomic E-state index is 12.5. The number of halogens is 2. The molecule has 0 spiro atoms. The second kappa shape index (κ2) is 8.57. The molecule has 0 radical (unpaired) electrons. The molecule has 1 fully saturated rings. The zero-order valence-corrected chi connectivity index (χ0v) is 14.5. The molecule has 1 aliphatic rings. The quantitative estimate of drug-likeness (QED) is 0.905. The normalized spacial score (nSPS) is 19.2. The Morgan fingerprint density at radius 2 is 2.05 bits per heavy atom. The molecule has 2 rings (SSSR count). The van der Waals surface area contributed by atoms with Gasteiger partial charge in [-0.25, -0.2) is 0 Å². The smallest absolute Gasteiger partial charge is 0.255 e. The van der Waals surface area contributed by atoms with Gasteiger partial charge in [0.25, 0.3) is 5.91 Å². The van der Waals surface area contributed by atoms with Gasteiger partial charge in [-0.3, -0.25) is 9.78 Å². The lowest BCUT2D eigenvalue weighted by Gasteiger charge is -2.34. The van der Waals surface area contributed by atoms with Gasteiger partial charge in [0.1, 0.15) is 0 Å². The van der Waals surface area contributed by atoms with Gasteiger partial charge in [0.05, 0.1) is 11.3 Å². The van der Waals surface area contributed by atoms with Crippen molar-refractivity contribution in [1.29, 1.82) is 0 Å². The molecule has 1 saturated heterocycles. The number of nitrogens with two attached hydrogens (primary N) is 1. The number of nitrogens with zero attached hydrogens (tertiary/aromatic N) is 2. The van der Waals surface area contributed by atoms with E-state index in [1.165, 1.54) is 0 Å². The molecule has 1 amide bonds. The standard InChI is InChI=1S/C15H23N3O.2ClH/c1-10-6-7-14(12(3)17-10)15(19)18-8-4-5-13(9-18)11(2)16;;/h6-7,11,13H,4-5,8-9,16H2,1-3H3;2*1H. The highest BCUT2D eigenvalue weighted by atomic mass is 35.5. The molecule has 0 aromatic carbocycles. The summed E-state index contributed by atoms with van der Waals surface area (Å²) in [6.45, 7) is 7.46. The Labute approximate surface area is 139 Å². The molecule has 0 bridgehead atoms. The molecule has 120 valence electrons. The van der Waals surface area contributed by atoms with Crippen LogP contribution in [0, 0.1) is 19.8 Å². The van der Waals surface area contributed by atoms with Crippen molar-refractivity contribution < 1.29 is 4.79 Å². The van der Waals surface area contributed by atoms with E-state index in [1.54, 1.807) is 0 Å². The first kappa shape index (κ1) is 20.2. The Balaban J connectivity index is 0.00000200.